The molecule has 0 N–H and O–H groups in total. The predicted octanol–water partition coefficient (Wildman–Crippen LogP) is 8.64. The summed E-state index contributed by atoms with van der Waals surface area (Å²) in [5, 5.41) is 6.40. The van der Waals surface area contributed by atoms with Crippen molar-refractivity contribution in [1.82, 2.24) is 9.66 Å². The Balaban J connectivity index is 1.79. The molecule has 4 aromatic rings. The second-order valence-electron chi connectivity index (χ2n) is 9.05. The Kier molecular flexibility index (Phi) is 8.17. The van der Waals surface area contributed by atoms with Gasteiger partial charge in [0.15, 0.2) is 0 Å². The van der Waals surface area contributed by atoms with E-state index in [1.54, 1.807) is 36.5 Å². The van der Waals surface area contributed by atoms with Crippen molar-refractivity contribution in [3.05, 3.63) is 99.8 Å². The zero-order chi connectivity index (χ0) is 26.2. The highest BCUT2D eigenvalue weighted by atomic mass is 79.9. The standard InChI is InChI=1S/C26H20Br2Cl3N3O2/c1-26(2,3)25-33-22-7-5-16(27)10-18(22)24(35)34(25)32-12-15-9-17(29)11-19(28)23(15)36-13-14-4-6-20(30)21(31)8-14/h4-12H,13H2,1-3H3. The first-order chi connectivity index (χ1) is 16.9. The molecule has 1 aromatic heterocycles. The fraction of sp³-hybridized carbons (Fsp3) is 0.192. The Hall–Kier alpha value is -1.90. The first-order valence-electron chi connectivity index (χ1n) is 10.8. The highest BCUT2D eigenvalue weighted by Gasteiger charge is 2.23. The Bertz CT molecular complexity index is 1560. The molecule has 186 valence electrons. The van der Waals surface area contributed by atoms with Crippen LogP contribution in [0.4, 0.5) is 0 Å². The third-order valence-electron chi connectivity index (χ3n) is 5.20. The lowest BCUT2D eigenvalue weighted by Crippen LogP contribution is -2.29. The van der Waals surface area contributed by atoms with E-state index in [1.807, 2.05) is 39.0 Å². The van der Waals surface area contributed by atoms with E-state index in [2.05, 4.69) is 37.0 Å². The smallest absolute Gasteiger partial charge is 0.282 e. The van der Waals surface area contributed by atoms with E-state index in [4.69, 9.17) is 44.5 Å². The molecular formula is C26H20Br2Cl3N3O2. The molecule has 0 radical (unpaired) electrons. The number of hydrogen-bond acceptors (Lipinski definition) is 4. The van der Waals surface area contributed by atoms with Crippen LogP contribution in [0.5, 0.6) is 5.75 Å². The van der Waals surface area contributed by atoms with Crippen LogP contribution in [0.2, 0.25) is 15.1 Å². The first-order valence-corrected chi connectivity index (χ1v) is 13.5. The summed E-state index contributed by atoms with van der Waals surface area (Å²) < 4.78 is 8.85. The van der Waals surface area contributed by atoms with E-state index in [0.29, 0.717) is 47.6 Å². The minimum absolute atomic E-state index is 0.233. The molecule has 0 saturated carbocycles. The summed E-state index contributed by atoms with van der Waals surface area (Å²) in [6, 6.07) is 14.1. The molecule has 10 heteroatoms. The van der Waals surface area contributed by atoms with Crippen molar-refractivity contribution >= 4 is 83.8 Å². The minimum atomic E-state index is -0.445. The molecule has 0 saturated heterocycles. The molecule has 0 aliphatic carbocycles. The van der Waals surface area contributed by atoms with Gasteiger partial charge in [-0.05, 0) is 64.0 Å². The normalized spacial score (nSPS) is 12.0. The van der Waals surface area contributed by atoms with Gasteiger partial charge in [-0.3, -0.25) is 4.79 Å². The van der Waals surface area contributed by atoms with E-state index in [1.165, 1.54) is 4.68 Å². The summed E-state index contributed by atoms with van der Waals surface area (Å²) in [6.07, 6.45) is 1.54. The summed E-state index contributed by atoms with van der Waals surface area (Å²) in [5.41, 5.74) is 1.30. The molecule has 0 unspecified atom stereocenters. The lowest BCUT2D eigenvalue weighted by Gasteiger charge is -2.21. The molecule has 0 spiro atoms. The van der Waals surface area contributed by atoms with Gasteiger partial charge in [0.05, 0.1) is 31.6 Å². The Morgan fingerprint density at radius 3 is 2.47 bits per heavy atom. The molecule has 0 aliphatic rings. The monoisotopic (exact) mass is 669 g/mol. The van der Waals surface area contributed by atoms with Crippen molar-refractivity contribution in [2.75, 3.05) is 0 Å². The van der Waals surface area contributed by atoms with Crippen LogP contribution in [0.25, 0.3) is 10.9 Å². The Morgan fingerprint density at radius 2 is 1.78 bits per heavy atom. The van der Waals surface area contributed by atoms with Crippen LogP contribution in [-0.2, 0) is 12.0 Å². The number of benzene rings is 3. The molecule has 5 nitrogen and oxygen atoms in total. The Morgan fingerprint density at radius 1 is 1.03 bits per heavy atom. The SMILES string of the molecule is CC(C)(C)c1nc2ccc(Br)cc2c(=O)n1N=Cc1cc(Cl)cc(Br)c1OCc1ccc(Cl)c(Cl)c1. The molecule has 1 heterocycles. The van der Waals surface area contributed by atoms with Gasteiger partial charge < -0.3 is 4.74 Å². The average molecular weight is 673 g/mol. The van der Waals surface area contributed by atoms with Crippen molar-refractivity contribution in [1.29, 1.82) is 0 Å². The molecule has 36 heavy (non-hydrogen) atoms. The van der Waals surface area contributed by atoms with Crippen molar-refractivity contribution in [2.45, 2.75) is 32.8 Å². The second-order valence-corrected chi connectivity index (χ2v) is 12.1. The van der Waals surface area contributed by atoms with Crippen LogP contribution in [0.1, 0.15) is 37.7 Å². The van der Waals surface area contributed by atoms with Crippen molar-refractivity contribution in [3.8, 4) is 5.75 Å². The minimum Gasteiger partial charge on any atom is -0.487 e. The average Bonchev–Trinajstić information content (AvgIpc) is 2.79. The van der Waals surface area contributed by atoms with Gasteiger partial charge in [0.1, 0.15) is 18.2 Å². The lowest BCUT2D eigenvalue weighted by molar-refractivity contribution is 0.304. The maximum Gasteiger partial charge on any atom is 0.282 e. The molecule has 0 bridgehead atoms. The lowest BCUT2D eigenvalue weighted by atomic mass is 9.95. The highest BCUT2D eigenvalue weighted by Crippen LogP contribution is 2.33. The topological polar surface area (TPSA) is 56.5 Å². The van der Waals surface area contributed by atoms with Crippen molar-refractivity contribution < 1.29 is 4.74 Å². The van der Waals surface area contributed by atoms with Crippen LogP contribution in [0, 0.1) is 0 Å². The van der Waals surface area contributed by atoms with Gasteiger partial charge in [-0.1, -0.05) is 77.6 Å². The fourth-order valence-electron chi connectivity index (χ4n) is 3.47. The van der Waals surface area contributed by atoms with Crippen LogP contribution in [0.15, 0.2) is 67.4 Å². The largest absolute Gasteiger partial charge is 0.487 e. The molecule has 4 rings (SSSR count). The Labute approximate surface area is 240 Å². The second kappa shape index (κ2) is 10.8. The van der Waals surface area contributed by atoms with E-state index < -0.39 is 5.41 Å². The zero-order valence-electron chi connectivity index (χ0n) is 19.5. The van der Waals surface area contributed by atoms with Gasteiger partial charge in [-0.15, -0.1) is 0 Å². The molecule has 0 atom stereocenters. The summed E-state index contributed by atoms with van der Waals surface area (Å²) >= 11 is 25.4. The third kappa shape index (κ3) is 5.97. The number of ether oxygens (including phenoxy) is 1. The van der Waals surface area contributed by atoms with Gasteiger partial charge in [-0.2, -0.15) is 9.78 Å². The number of hydrogen-bond donors (Lipinski definition) is 0. The van der Waals surface area contributed by atoms with E-state index >= 15 is 0 Å². The highest BCUT2D eigenvalue weighted by molar-refractivity contribution is 9.10. The van der Waals surface area contributed by atoms with Crippen LogP contribution in [-0.4, -0.2) is 15.9 Å². The first kappa shape index (κ1) is 27.1. The van der Waals surface area contributed by atoms with Crippen molar-refractivity contribution in [2.24, 2.45) is 5.10 Å². The third-order valence-corrected chi connectivity index (χ3v) is 7.24. The van der Waals surface area contributed by atoms with Gasteiger partial charge in [-0.25, -0.2) is 4.98 Å². The quantitative estimate of drug-likeness (QED) is 0.200. The van der Waals surface area contributed by atoms with E-state index in [9.17, 15) is 4.79 Å². The van der Waals surface area contributed by atoms with Crippen molar-refractivity contribution in [3.63, 3.8) is 0 Å². The number of rotatable bonds is 5. The summed E-state index contributed by atoms with van der Waals surface area (Å²) in [5.74, 6) is 1.04. The van der Waals surface area contributed by atoms with Gasteiger partial charge in [0.2, 0.25) is 0 Å². The number of halogens is 5. The van der Waals surface area contributed by atoms with Crippen LogP contribution >= 0.6 is 66.7 Å². The zero-order valence-corrected chi connectivity index (χ0v) is 24.9. The van der Waals surface area contributed by atoms with Gasteiger partial charge in [0, 0.05) is 20.5 Å². The molecule has 3 aromatic carbocycles. The fourth-order valence-corrected chi connectivity index (χ4v) is 5.10. The maximum atomic E-state index is 13.5. The maximum absolute atomic E-state index is 13.5. The molecular weight excluding hydrogens is 652 g/mol. The van der Waals surface area contributed by atoms with Gasteiger partial charge in [0.25, 0.3) is 5.56 Å². The predicted molar refractivity (Wildman–Crippen MR) is 155 cm³/mol. The van der Waals surface area contributed by atoms with E-state index in [-0.39, 0.29) is 12.2 Å². The summed E-state index contributed by atoms with van der Waals surface area (Å²) in [7, 11) is 0. The van der Waals surface area contributed by atoms with E-state index in [0.717, 1.165) is 10.0 Å². The summed E-state index contributed by atoms with van der Waals surface area (Å²) in [6.45, 7) is 6.17. The number of aromatic nitrogens is 2. The molecule has 0 amide bonds. The molecule has 0 aliphatic heterocycles. The summed E-state index contributed by atoms with van der Waals surface area (Å²) in [4.78, 5) is 18.2. The number of nitrogens with zero attached hydrogens (tertiary/aromatic N) is 3. The van der Waals surface area contributed by atoms with Gasteiger partial charge >= 0.3 is 0 Å². The van der Waals surface area contributed by atoms with Crippen LogP contribution < -0.4 is 10.3 Å². The van der Waals surface area contributed by atoms with Crippen LogP contribution in [0.3, 0.4) is 0 Å². The molecule has 0 fully saturated rings. The number of fused-ring (bicyclic) bond motifs is 1.